The van der Waals surface area contributed by atoms with E-state index in [1.54, 1.807) is 24.3 Å². The van der Waals surface area contributed by atoms with Crippen LogP contribution >= 0.6 is 34.5 Å². The standard InChI is InChI=1S/C36H35Cl2F2N3O7S/c1-48-30-7-6-21(13-31(30)49-2)25(15-27-28(37)17-42(47)18-29(27)38)26-14-24(51-33(26)35(44)45)16-43(23-5-3-4-22(12-23)34(39)40)36(46)50-32-19-41-10-8-20(32)9-11-41/h3-7,12-14,17-18,20,25,32,34H,8-11,15-16,19H2,1-2H3,(H-,44,45,47)/t25-,32-/m0/s1. The minimum atomic E-state index is -2.78. The fourth-order valence-corrected chi connectivity index (χ4v) is 8.50. The number of nitrogens with zero attached hydrogens (tertiary/aromatic N) is 3. The maximum absolute atomic E-state index is 13.9. The highest BCUT2D eigenvalue weighted by molar-refractivity contribution is 7.14. The van der Waals surface area contributed by atoms with Gasteiger partial charge < -0.3 is 24.1 Å². The fourth-order valence-electron chi connectivity index (χ4n) is 6.85. The summed E-state index contributed by atoms with van der Waals surface area (Å²) in [5, 5.41) is 23.0. The Labute approximate surface area is 307 Å². The Morgan fingerprint density at radius 3 is 2.35 bits per heavy atom. The highest BCUT2D eigenvalue weighted by atomic mass is 35.5. The first kappa shape index (κ1) is 36.6. The summed E-state index contributed by atoms with van der Waals surface area (Å²) in [6.07, 6.45) is 0.556. The topological polar surface area (TPSA) is 115 Å². The molecule has 3 aliphatic rings. The molecule has 0 radical (unpaired) electrons. The number of amides is 1. The average Bonchev–Trinajstić information content (AvgIpc) is 3.54. The third-order valence-corrected chi connectivity index (χ3v) is 11.2. The summed E-state index contributed by atoms with van der Waals surface area (Å²) in [4.78, 5) is 30.5. The Kier molecular flexibility index (Phi) is 11.2. The molecular weight excluding hydrogens is 727 g/mol. The van der Waals surface area contributed by atoms with Gasteiger partial charge in [-0.2, -0.15) is 0 Å². The second-order valence-electron chi connectivity index (χ2n) is 12.5. The van der Waals surface area contributed by atoms with Gasteiger partial charge in [-0.05, 0) is 79.7 Å². The number of methoxy groups -OCH3 is 2. The first-order valence-corrected chi connectivity index (χ1v) is 17.8. The summed E-state index contributed by atoms with van der Waals surface area (Å²) < 4.78 is 45.3. The molecule has 51 heavy (non-hydrogen) atoms. The molecule has 1 amide bonds. The van der Waals surface area contributed by atoms with Crippen molar-refractivity contribution in [3.05, 3.63) is 103 Å². The molecule has 7 rings (SSSR count). The van der Waals surface area contributed by atoms with E-state index in [2.05, 4.69) is 4.90 Å². The summed E-state index contributed by atoms with van der Waals surface area (Å²) in [5.74, 6) is -1.12. The second kappa shape index (κ2) is 15.6. The molecule has 2 atom stereocenters. The van der Waals surface area contributed by atoms with Crippen LogP contribution in [-0.2, 0) is 17.7 Å². The number of hydrogen-bond donors (Lipinski definition) is 1. The normalized spacial score (nSPS) is 18.8. The number of benzene rings is 2. The summed E-state index contributed by atoms with van der Waals surface area (Å²) in [6, 6.07) is 12.3. The monoisotopic (exact) mass is 761 g/mol. The molecule has 10 nitrogen and oxygen atoms in total. The molecule has 0 aliphatic carbocycles. The highest BCUT2D eigenvalue weighted by Crippen LogP contribution is 2.41. The lowest BCUT2D eigenvalue weighted by Gasteiger charge is -2.44. The van der Waals surface area contributed by atoms with Gasteiger partial charge in [-0.3, -0.25) is 15.0 Å². The number of hydrogen-bond acceptors (Lipinski definition) is 9. The number of fused-ring (bicyclic) bond motifs is 3. The molecule has 2 aromatic heterocycles. The van der Waals surface area contributed by atoms with E-state index in [0.717, 1.165) is 42.0 Å². The van der Waals surface area contributed by atoms with Gasteiger partial charge in [-0.1, -0.05) is 41.4 Å². The minimum absolute atomic E-state index is 0.0895. The third-order valence-electron chi connectivity index (χ3n) is 9.48. The number of piperidine rings is 3. The van der Waals surface area contributed by atoms with Crippen molar-refractivity contribution in [1.29, 1.82) is 0 Å². The van der Waals surface area contributed by atoms with E-state index in [9.17, 15) is 28.7 Å². The SMILES string of the molecule is COc1ccc([C@H](Cc2c(Cl)c[n+](O)cc2Cl)c2cc(CN(C(=O)O[C@H]3CN4CCC3CC4)c3cccc(C(F)F)c3)sc2C(=O)[O-])cc1OC. The molecule has 3 aliphatic heterocycles. The van der Waals surface area contributed by atoms with Gasteiger partial charge >= 0.3 is 6.09 Å². The van der Waals surface area contributed by atoms with Crippen molar-refractivity contribution in [2.45, 2.75) is 44.3 Å². The van der Waals surface area contributed by atoms with Crippen molar-refractivity contribution in [3.63, 3.8) is 0 Å². The second-order valence-corrected chi connectivity index (χ2v) is 14.5. The summed E-state index contributed by atoms with van der Waals surface area (Å²) in [7, 11) is 2.97. The number of halogens is 4. The lowest BCUT2D eigenvalue weighted by Crippen LogP contribution is -2.53. The van der Waals surface area contributed by atoms with Gasteiger partial charge in [0.25, 0.3) is 6.43 Å². The number of anilines is 1. The zero-order valence-electron chi connectivity index (χ0n) is 27.7. The lowest BCUT2D eigenvalue weighted by atomic mass is 9.85. The van der Waals surface area contributed by atoms with E-state index >= 15 is 0 Å². The first-order chi connectivity index (χ1) is 24.4. The molecule has 15 heteroatoms. The number of carbonyl (C=O) groups excluding carboxylic acids is 2. The molecule has 0 spiro atoms. The number of thiophene rings is 1. The largest absolute Gasteiger partial charge is 0.544 e. The molecule has 0 unspecified atom stereocenters. The Hall–Kier alpha value is -4.17. The van der Waals surface area contributed by atoms with Gasteiger partial charge in [-0.25, -0.2) is 13.6 Å². The van der Waals surface area contributed by atoms with Crippen LogP contribution in [0.25, 0.3) is 0 Å². The molecule has 1 N–H and O–H groups in total. The zero-order chi connectivity index (χ0) is 36.4. The number of aromatic nitrogens is 1. The smallest absolute Gasteiger partial charge is 0.414 e. The van der Waals surface area contributed by atoms with E-state index in [0.29, 0.717) is 39.6 Å². The maximum atomic E-state index is 13.9. The van der Waals surface area contributed by atoms with Crippen molar-refractivity contribution >= 4 is 52.3 Å². The van der Waals surface area contributed by atoms with Crippen LogP contribution in [0.4, 0.5) is 19.3 Å². The first-order valence-electron chi connectivity index (χ1n) is 16.2. The third kappa shape index (κ3) is 8.01. The van der Waals surface area contributed by atoms with Crippen LogP contribution in [0.3, 0.4) is 0 Å². The lowest BCUT2D eigenvalue weighted by molar-refractivity contribution is -0.904. The number of carbonyl (C=O) groups is 2. The molecule has 4 aromatic rings. The Morgan fingerprint density at radius 2 is 1.75 bits per heavy atom. The molecule has 3 saturated heterocycles. The summed E-state index contributed by atoms with van der Waals surface area (Å²) in [6.45, 7) is 2.29. The Balaban J connectivity index is 1.42. The van der Waals surface area contributed by atoms with Crippen LogP contribution < -0.4 is 24.2 Å². The van der Waals surface area contributed by atoms with Crippen molar-refractivity contribution < 1.29 is 47.6 Å². The summed E-state index contributed by atoms with van der Waals surface area (Å²) >= 11 is 14.0. The van der Waals surface area contributed by atoms with Gasteiger partial charge in [0.2, 0.25) is 12.4 Å². The van der Waals surface area contributed by atoms with Gasteiger partial charge in [0.05, 0.1) is 31.6 Å². The van der Waals surface area contributed by atoms with Gasteiger partial charge in [0.1, 0.15) is 16.1 Å². The van der Waals surface area contributed by atoms with E-state index in [1.165, 1.54) is 55.8 Å². The maximum Gasteiger partial charge on any atom is 0.414 e. The van der Waals surface area contributed by atoms with E-state index in [1.807, 2.05) is 0 Å². The summed E-state index contributed by atoms with van der Waals surface area (Å²) in [5.41, 5.74) is 1.30. The number of pyridine rings is 1. The molecule has 0 saturated carbocycles. The predicted octanol–water partition coefficient (Wildman–Crippen LogP) is 6.51. The van der Waals surface area contributed by atoms with E-state index in [-0.39, 0.29) is 51.2 Å². The molecule has 3 fully saturated rings. The number of alkyl halides is 2. The van der Waals surface area contributed by atoms with Crippen LogP contribution in [0.2, 0.25) is 10.0 Å². The van der Waals surface area contributed by atoms with Crippen LogP contribution in [0, 0.1) is 5.92 Å². The predicted molar refractivity (Wildman–Crippen MR) is 185 cm³/mol. The van der Waals surface area contributed by atoms with E-state index in [4.69, 9.17) is 37.4 Å². The van der Waals surface area contributed by atoms with E-state index < -0.39 is 24.4 Å². The average molecular weight is 763 g/mol. The van der Waals surface area contributed by atoms with Gasteiger partial charge in [-0.15, -0.1) is 11.3 Å². The van der Waals surface area contributed by atoms with Crippen molar-refractivity contribution in [2.24, 2.45) is 5.92 Å². The molecule has 5 heterocycles. The van der Waals surface area contributed by atoms with Crippen LogP contribution in [0.1, 0.15) is 62.0 Å². The van der Waals surface area contributed by atoms with Crippen molar-refractivity contribution in [1.82, 2.24) is 4.90 Å². The number of rotatable bonds is 12. The van der Waals surface area contributed by atoms with Gasteiger partial charge in [0, 0.05) is 38.9 Å². The zero-order valence-corrected chi connectivity index (χ0v) is 30.0. The Morgan fingerprint density at radius 1 is 1.04 bits per heavy atom. The number of aromatic carboxylic acids is 1. The molecule has 2 bridgehead atoms. The molecule has 270 valence electrons. The number of carboxylic acids is 1. The molecular formula is C36H35Cl2F2N3O7S. The number of ether oxygens (including phenoxy) is 3. The van der Waals surface area contributed by atoms with Crippen LogP contribution in [-0.4, -0.2) is 62.1 Å². The minimum Gasteiger partial charge on any atom is -0.544 e. The Bertz CT molecular complexity index is 1900. The highest BCUT2D eigenvalue weighted by Gasteiger charge is 2.38. The number of carboxylic acid groups (broad SMARTS) is 1. The fraction of sp³-hybridized carbons (Fsp3) is 0.361. The van der Waals surface area contributed by atoms with Crippen molar-refractivity contribution in [3.8, 4) is 11.5 Å². The van der Waals surface area contributed by atoms with Crippen molar-refractivity contribution in [2.75, 3.05) is 38.8 Å². The molecule has 2 aromatic carbocycles. The van der Waals surface area contributed by atoms with Crippen LogP contribution in [0.15, 0.2) is 60.9 Å². The van der Waals surface area contributed by atoms with Gasteiger partial charge in [0.15, 0.2) is 11.5 Å². The van der Waals surface area contributed by atoms with Crippen LogP contribution in [0.5, 0.6) is 11.5 Å². The quantitative estimate of drug-likeness (QED) is 0.128.